The van der Waals surface area contributed by atoms with Crippen LogP contribution in [0.2, 0.25) is 0 Å². The number of rotatable bonds is 3. The van der Waals surface area contributed by atoms with Crippen LogP contribution in [0.15, 0.2) is 24.4 Å². The smallest absolute Gasteiger partial charge is 0.227 e. The maximum Gasteiger partial charge on any atom is 0.227 e. The molecule has 1 spiro atoms. The minimum Gasteiger partial charge on any atom is -0.347 e. The van der Waals surface area contributed by atoms with Crippen molar-refractivity contribution in [2.75, 3.05) is 26.3 Å². The molecule has 7 heteroatoms. The highest BCUT2D eigenvalue weighted by molar-refractivity contribution is 7.15. The molecule has 2 aromatic rings. The minimum absolute atomic E-state index is 0.146. The molecule has 0 aromatic carbocycles. The first-order valence-corrected chi connectivity index (χ1v) is 9.40. The van der Waals surface area contributed by atoms with E-state index in [-0.39, 0.29) is 5.91 Å². The maximum absolute atomic E-state index is 12.7. The van der Waals surface area contributed by atoms with Gasteiger partial charge in [0.15, 0.2) is 5.79 Å². The van der Waals surface area contributed by atoms with E-state index in [2.05, 4.69) is 9.97 Å². The summed E-state index contributed by atoms with van der Waals surface area (Å²) in [4.78, 5) is 24.5. The largest absolute Gasteiger partial charge is 0.347 e. The number of pyridine rings is 1. The lowest BCUT2D eigenvalue weighted by Crippen LogP contribution is -2.47. The molecule has 2 fully saturated rings. The summed E-state index contributed by atoms with van der Waals surface area (Å²) in [6.07, 6.45) is 3.65. The zero-order chi connectivity index (χ0) is 17.3. The predicted octanol–water partition coefficient (Wildman–Crippen LogP) is 2.42. The second-order valence-corrected chi connectivity index (χ2v) is 7.49. The zero-order valence-corrected chi connectivity index (χ0v) is 15.1. The van der Waals surface area contributed by atoms with Crippen LogP contribution in [0.4, 0.5) is 0 Å². The fourth-order valence-electron chi connectivity index (χ4n) is 3.32. The molecule has 6 nitrogen and oxygen atoms in total. The van der Waals surface area contributed by atoms with Crippen molar-refractivity contribution in [2.24, 2.45) is 0 Å². The Labute approximate surface area is 150 Å². The lowest BCUT2D eigenvalue weighted by molar-refractivity contribution is -0.187. The summed E-state index contributed by atoms with van der Waals surface area (Å²) in [6.45, 7) is 4.64. The lowest BCUT2D eigenvalue weighted by atomic mass is 10.0. The first kappa shape index (κ1) is 16.6. The molecule has 0 bridgehead atoms. The fraction of sp³-hybridized carbons (Fsp3) is 0.500. The van der Waals surface area contributed by atoms with Crippen LogP contribution in [0.25, 0.3) is 10.7 Å². The van der Waals surface area contributed by atoms with Gasteiger partial charge in [0.1, 0.15) is 5.01 Å². The Balaban J connectivity index is 1.41. The van der Waals surface area contributed by atoms with Crippen LogP contribution in [0.3, 0.4) is 0 Å². The molecular weight excluding hydrogens is 338 g/mol. The Bertz CT molecular complexity index is 746. The molecule has 25 heavy (non-hydrogen) atoms. The van der Waals surface area contributed by atoms with E-state index in [9.17, 15) is 4.79 Å². The van der Waals surface area contributed by atoms with Crippen LogP contribution >= 0.6 is 11.3 Å². The summed E-state index contributed by atoms with van der Waals surface area (Å²) in [5, 5.41) is 0.867. The topological polar surface area (TPSA) is 64.6 Å². The highest BCUT2D eigenvalue weighted by Crippen LogP contribution is 2.32. The Morgan fingerprint density at radius 1 is 1.28 bits per heavy atom. The molecule has 2 saturated heterocycles. The minimum atomic E-state index is -0.441. The number of carbonyl (C=O) groups excluding carboxylic acids is 1. The van der Waals surface area contributed by atoms with E-state index >= 15 is 0 Å². The summed E-state index contributed by atoms with van der Waals surface area (Å²) < 4.78 is 11.4. The standard InChI is InChI=1S/C18H21N3O3S/c1-13-15(25-17(20-13)14-4-2-3-7-19-14)12-16(22)21-8-5-18(6-9-21)23-10-11-24-18/h2-4,7H,5-6,8-12H2,1H3. The van der Waals surface area contributed by atoms with E-state index in [1.807, 2.05) is 30.0 Å². The van der Waals surface area contributed by atoms with Crippen molar-refractivity contribution in [2.45, 2.75) is 32.0 Å². The third kappa shape index (κ3) is 3.44. The SMILES string of the molecule is Cc1nc(-c2ccccn2)sc1CC(=O)N1CCC2(CC1)OCCO2. The van der Waals surface area contributed by atoms with E-state index in [4.69, 9.17) is 9.47 Å². The van der Waals surface area contributed by atoms with Crippen LogP contribution in [0.5, 0.6) is 0 Å². The van der Waals surface area contributed by atoms with Crippen molar-refractivity contribution in [3.63, 3.8) is 0 Å². The molecule has 2 aromatic heterocycles. The van der Waals surface area contributed by atoms with Crippen molar-refractivity contribution in [3.05, 3.63) is 35.0 Å². The summed E-state index contributed by atoms with van der Waals surface area (Å²) in [6, 6.07) is 5.77. The Morgan fingerprint density at radius 3 is 2.72 bits per heavy atom. The van der Waals surface area contributed by atoms with Crippen molar-refractivity contribution in [1.29, 1.82) is 0 Å². The molecule has 2 aliphatic rings. The highest BCUT2D eigenvalue weighted by Gasteiger charge is 2.40. The number of hydrogen-bond donors (Lipinski definition) is 0. The number of ether oxygens (including phenoxy) is 2. The van der Waals surface area contributed by atoms with Crippen molar-refractivity contribution < 1.29 is 14.3 Å². The van der Waals surface area contributed by atoms with Gasteiger partial charge in [-0.15, -0.1) is 11.3 Å². The molecule has 0 unspecified atom stereocenters. The van der Waals surface area contributed by atoms with Gasteiger partial charge in [-0.05, 0) is 19.1 Å². The summed E-state index contributed by atoms with van der Waals surface area (Å²) in [5.74, 6) is -0.296. The van der Waals surface area contributed by atoms with Crippen LogP contribution in [-0.2, 0) is 20.7 Å². The van der Waals surface area contributed by atoms with Gasteiger partial charge < -0.3 is 14.4 Å². The van der Waals surface area contributed by atoms with E-state index in [0.29, 0.717) is 32.7 Å². The van der Waals surface area contributed by atoms with Crippen LogP contribution in [0.1, 0.15) is 23.4 Å². The van der Waals surface area contributed by atoms with Gasteiger partial charge in [0.25, 0.3) is 0 Å². The van der Waals surface area contributed by atoms with Crippen LogP contribution in [0, 0.1) is 6.92 Å². The van der Waals surface area contributed by atoms with Crippen molar-refractivity contribution >= 4 is 17.2 Å². The predicted molar refractivity (Wildman–Crippen MR) is 94.2 cm³/mol. The summed E-state index contributed by atoms with van der Waals surface area (Å²) in [7, 11) is 0. The van der Waals surface area contributed by atoms with E-state index in [1.54, 1.807) is 17.5 Å². The second kappa shape index (κ2) is 6.82. The fourth-order valence-corrected chi connectivity index (χ4v) is 4.35. The molecule has 4 rings (SSSR count). The number of nitrogens with zero attached hydrogens (tertiary/aromatic N) is 3. The van der Waals surface area contributed by atoms with Gasteiger partial charge in [-0.1, -0.05) is 6.07 Å². The molecular formula is C18H21N3O3S. The van der Waals surface area contributed by atoms with E-state index in [1.165, 1.54) is 0 Å². The van der Waals surface area contributed by atoms with E-state index < -0.39 is 5.79 Å². The number of likely N-dealkylation sites (tertiary alicyclic amines) is 1. The Kier molecular flexibility index (Phi) is 4.54. The molecule has 0 aliphatic carbocycles. The van der Waals surface area contributed by atoms with Gasteiger partial charge in [-0.25, -0.2) is 4.98 Å². The average molecular weight is 359 g/mol. The molecule has 0 saturated carbocycles. The van der Waals surface area contributed by atoms with Gasteiger partial charge in [0, 0.05) is 37.0 Å². The average Bonchev–Trinajstić information content (AvgIpc) is 3.24. The highest BCUT2D eigenvalue weighted by atomic mass is 32.1. The Hall–Kier alpha value is -1.83. The summed E-state index contributed by atoms with van der Waals surface area (Å²) in [5.41, 5.74) is 1.76. The zero-order valence-electron chi connectivity index (χ0n) is 14.2. The Morgan fingerprint density at radius 2 is 2.04 bits per heavy atom. The van der Waals surface area contributed by atoms with E-state index in [0.717, 1.165) is 34.1 Å². The molecule has 1 amide bonds. The maximum atomic E-state index is 12.7. The number of carbonyl (C=O) groups is 1. The van der Waals surface area contributed by atoms with Crippen molar-refractivity contribution in [3.8, 4) is 10.7 Å². The summed E-state index contributed by atoms with van der Waals surface area (Å²) >= 11 is 1.55. The van der Waals surface area contributed by atoms with Gasteiger partial charge in [0.2, 0.25) is 5.91 Å². The van der Waals surface area contributed by atoms with Gasteiger partial charge in [0.05, 0.1) is 31.0 Å². The normalized spacial score (nSPS) is 19.5. The number of aromatic nitrogens is 2. The lowest BCUT2D eigenvalue weighted by Gasteiger charge is -2.37. The van der Waals surface area contributed by atoms with Crippen LogP contribution < -0.4 is 0 Å². The third-order valence-electron chi connectivity index (χ3n) is 4.78. The molecule has 0 N–H and O–H groups in total. The number of piperidine rings is 1. The molecule has 0 atom stereocenters. The first-order valence-electron chi connectivity index (χ1n) is 8.59. The molecule has 2 aliphatic heterocycles. The van der Waals surface area contributed by atoms with Crippen LogP contribution in [-0.4, -0.2) is 52.9 Å². The quantitative estimate of drug-likeness (QED) is 0.842. The number of amides is 1. The molecule has 4 heterocycles. The van der Waals surface area contributed by atoms with Gasteiger partial charge in [-0.3, -0.25) is 9.78 Å². The molecule has 132 valence electrons. The second-order valence-electron chi connectivity index (χ2n) is 6.41. The van der Waals surface area contributed by atoms with Gasteiger partial charge in [-0.2, -0.15) is 0 Å². The number of aryl methyl sites for hydroxylation is 1. The molecule has 0 radical (unpaired) electrons. The first-order chi connectivity index (χ1) is 12.2. The van der Waals surface area contributed by atoms with Crippen molar-refractivity contribution in [1.82, 2.24) is 14.9 Å². The number of thiazole rings is 1. The monoisotopic (exact) mass is 359 g/mol. The number of hydrogen-bond acceptors (Lipinski definition) is 6. The van der Waals surface area contributed by atoms with Gasteiger partial charge >= 0.3 is 0 Å². The third-order valence-corrected chi connectivity index (χ3v) is 5.96.